The van der Waals surface area contributed by atoms with Crippen LogP contribution in [0.4, 0.5) is 5.82 Å². The normalized spacial score (nSPS) is 22.2. The number of anilines is 1. The van der Waals surface area contributed by atoms with E-state index in [4.69, 9.17) is 14.5 Å². The molecule has 0 aromatic carbocycles. The lowest BCUT2D eigenvalue weighted by Gasteiger charge is -2.34. The first-order valence-electron chi connectivity index (χ1n) is 12.3. The minimum atomic E-state index is -0.125. The number of nitrogens with zero attached hydrogens (tertiary/aromatic N) is 2. The van der Waals surface area contributed by atoms with Gasteiger partial charge < -0.3 is 19.7 Å². The van der Waals surface area contributed by atoms with Gasteiger partial charge in [0.15, 0.2) is 0 Å². The largest absolute Gasteiger partial charge is 0.469 e. The van der Waals surface area contributed by atoms with E-state index in [2.05, 4.69) is 17.4 Å². The smallest absolute Gasteiger partial charge is 0.305 e. The standard InChI is InChI=1S/C25H37N3O4/c1-31-24(30)16-21(20-10-14-32-17-20)15-18-8-12-28(13-9-18)23(29)7-6-22-5-4-19-3-2-11-26-25(19)27-22/h4-5,18,20-21H,2-3,6-17H2,1H3,(H,26,27). The van der Waals surface area contributed by atoms with Crippen LogP contribution in [0.2, 0.25) is 0 Å². The number of aryl methyl sites for hydroxylation is 2. The average Bonchev–Trinajstić information content (AvgIpc) is 3.37. The van der Waals surface area contributed by atoms with Gasteiger partial charge in [0.1, 0.15) is 5.82 Å². The lowest BCUT2D eigenvalue weighted by atomic mass is 9.79. The molecule has 0 radical (unpaired) electrons. The van der Waals surface area contributed by atoms with Crippen molar-refractivity contribution in [3.8, 4) is 0 Å². The SMILES string of the molecule is COC(=O)CC(CC1CCN(C(=O)CCc2ccc3c(n2)NCCC3)CC1)C1CCOC1. The van der Waals surface area contributed by atoms with Gasteiger partial charge in [0.05, 0.1) is 7.11 Å². The Morgan fingerprint density at radius 1 is 1.28 bits per heavy atom. The van der Waals surface area contributed by atoms with Crippen molar-refractivity contribution in [3.63, 3.8) is 0 Å². The Morgan fingerprint density at radius 3 is 2.88 bits per heavy atom. The molecule has 3 aliphatic rings. The third-order valence-corrected chi connectivity index (χ3v) is 7.44. The third-order valence-electron chi connectivity index (χ3n) is 7.44. The van der Waals surface area contributed by atoms with E-state index < -0.39 is 0 Å². The number of hydrogen-bond donors (Lipinski definition) is 1. The van der Waals surface area contributed by atoms with Crippen LogP contribution in [0, 0.1) is 17.8 Å². The van der Waals surface area contributed by atoms with Crippen molar-refractivity contribution in [1.82, 2.24) is 9.88 Å². The molecule has 0 saturated carbocycles. The van der Waals surface area contributed by atoms with Crippen molar-refractivity contribution in [3.05, 3.63) is 23.4 Å². The number of hydrogen-bond acceptors (Lipinski definition) is 6. The summed E-state index contributed by atoms with van der Waals surface area (Å²) in [7, 11) is 1.46. The molecule has 1 aromatic heterocycles. The zero-order valence-electron chi connectivity index (χ0n) is 19.3. The molecular weight excluding hydrogens is 406 g/mol. The molecule has 2 fully saturated rings. The summed E-state index contributed by atoms with van der Waals surface area (Å²) in [5.74, 6) is 2.43. The summed E-state index contributed by atoms with van der Waals surface area (Å²) in [6, 6.07) is 4.22. The van der Waals surface area contributed by atoms with Crippen molar-refractivity contribution in [2.75, 3.05) is 45.3 Å². The number of fused-ring (bicyclic) bond motifs is 1. The number of ether oxygens (including phenoxy) is 2. The van der Waals surface area contributed by atoms with Gasteiger partial charge in [-0.2, -0.15) is 0 Å². The summed E-state index contributed by atoms with van der Waals surface area (Å²) >= 11 is 0. The summed E-state index contributed by atoms with van der Waals surface area (Å²) < 4.78 is 10.5. The highest BCUT2D eigenvalue weighted by Gasteiger charge is 2.32. The molecule has 0 spiro atoms. The molecule has 0 aliphatic carbocycles. The van der Waals surface area contributed by atoms with Crippen LogP contribution in [0.5, 0.6) is 0 Å². The molecule has 2 unspecified atom stereocenters. The van der Waals surface area contributed by atoms with Gasteiger partial charge in [-0.25, -0.2) is 4.98 Å². The van der Waals surface area contributed by atoms with Gasteiger partial charge >= 0.3 is 5.97 Å². The van der Waals surface area contributed by atoms with Crippen LogP contribution in [-0.2, 0) is 31.9 Å². The van der Waals surface area contributed by atoms with Crippen molar-refractivity contribution in [2.45, 2.75) is 57.8 Å². The highest BCUT2D eigenvalue weighted by molar-refractivity contribution is 5.76. The Bertz CT molecular complexity index is 785. The molecule has 7 nitrogen and oxygen atoms in total. The minimum absolute atomic E-state index is 0.125. The summed E-state index contributed by atoms with van der Waals surface area (Å²) in [6.07, 6.45) is 8.00. The Kier molecular flexibility index (Phi) is 8.00. The summed E-state index contributed by atoms with van der Waals surface area (Å²) in [6.45, 7) is 4.16. The summed E-state index contributed by atoms with van der Waals surface area (Å²) in [4.78, 5) is 31.4. The maximum absolute atomic E-state index is 12.8. The molecule has 32 heavy (non-hydrogen) atoms. The number of amides is 1. The Balaban J connectivity index is 1.23. The highest BCUT2D eigenvalue weighted by atomic mass is 16.5. The van der Waals surface area contributed by atoms with Crippen LogP contribution in [0.1, 0.15) is 56.2 Å². The predicted octanol–water partition coefficient (Wildman–Crippen LogP) is 3.22. The van der Waals surface area contributed by atoms with Crippen LogP contribution in [0.25, 0.3) is 0 Å². The zero-order valence-corrected chi connectivity index (χ0v) is 19.3. The number of aromatic nitrogens is 1. The van der Waals surface area contributed by atoms with E-state index >= 15 is 0 Å². The molecular formula is C25H37N3O4. The molecule has 1 aromatic rings. The second kappa shape index (κ2) is 11.1. The third kappa shape index (κ3) is 6.00. The summed E-state index contributed by atoms with van der Waals surface area (Å²) in [5.41, 5.74) is 2.27. The van der Waals surface area contributed by atoms with E-state index in [9.17, 15) is 9.59 Å². The number of esters is 1. The molecule has 1 amide bonds. The van der Waals surface area contributed by atoms with Gasteiger partial charge in [-0.05, 0) is 74.3 Å². The van der Waals surface area contributed by atoms with E-state index in [1.54, 1.807) is 0 Å². The molecule has 176 valence electrons. The first-order valence-corrected chi connectivity index (χ1v) is 12.3. The van der Waals surface area contributed by atoms with Crippen molar-refractivity contribution < 1.29 is 19.1 Å². The van der Waals surface area contributed by atoms with Crippen LogP contribution in [0.15, 0.2) is 12.1 Å². The van der Waals surface area contributed by atoms with Crippen LogP contribution in [-0.4, -0.2) is 61.7 Å². The predicted molar refractivity (Wildman–Crippen MR) is 122 cm³/mol. The van der Waals surface area contributed by atoms with E-state index in [1.165, 1.54) is 12.7 Å². The monoisotopic (exact) mass is 443 g/mol. The van der Waals surface area contributed by atoms with E-state index in [-0.39, 0.29) is 11.9 Å². The second-order valence-electron chi connectivity index (χ2n) is 9.56. The number of carbonyl (C=O) groups is 2. The van der Waals surface area contributed by atoms with Crippen LogP contribution >= 0.6 is 0 Å². The first kappa shape index (κ1) is 23.0. The first-order chi connectivity index (χ1) is 15.6. The fourth-order valence-electron chi connectivity index (χ4n) is 5.41. The number of carbonyl (C=O) groups excluding carboxylic acids is 2. The lowest BCUT2D eigenvalue weighted by Crippen LogP contribution is -2.39. The highest BCUT2D eigenvalue weighted by Crippen LogP contribution is 2.34. The molecule has 1 N–H and O–H groups in total. The molecule has 2 atom stereocenters. The topological polar surface area (TPSA) is 80.8 Å². The quantitative estimate of drug-likeness (QED) is 0.622. The number of methoxy groups -OCH3 is 1. The Labute approximate surface area is 191 Å². The zero-order chi connectivity index (χ0) is 22.3. The molecule has 7 heteroatoms. The van der Waals surface area contributed by atoms with Crippen molar-refractivity contribution in [2.24, 2.45) is 17.8 Å². The van der Waals surface area contributed by atoms with E-state index in [0.29, 0.717) is 37.0 Å². The summed E-state index contributed by atoms with van der Waals surface area (Å²) in [5, 5.41) is 3.37. The molecule has 4 rings (SSSR count). The molecule has 4 heterocycles. The second-order valence-corrected chi connectivity index (χ2v) is 9.56. The van der Waals surface area contributed by atoms with Gasteiger partial charge in [0, 0.05) is 51.4 Å². The number of rotatable bonds is 8. The lowest BCUT2D eigenvalue weighted by molar-refractivity contribution is -0.142. The van der Waals surface area contributed by atoms with Gasteiger partial charge in [-0.1, -0.05) is 6.07 Å². The van der Waals surface area contributed by atoms with Gasteiger partial charge in [0.25, 0.3) is 0 Å². The van der Waals surface area contributed by atoms with Gasteiger partial charge in [0.2, 0.25) is 5.91 Å². The fraction of sp³-hybridized carbons (Fsp3) is 0.720. The molecule has 2 saturated heterocycles. The van der Waals surface area contributed by atoms with Gasteiger partial charge in [-0.15, -0.1) is 0 Å². The molecule has 0 bridgehead atoms. The van der Waals surface area contributed by atoms with E-state index in [0.717, 1.165) is 82.9 Å². The number of pyridine rings is 1. The van der Waals surface area contributed by atoms with Crippen LogP contribution < -0.4 is 5.32 Å². The van der Waals surface area contributed by atoms with Crippen molar-refractivity contribution in [1.29, 1.82) is 0 Å². The Hall–Kier alpha value is -2.15. The number of likely N-dealkylation sites (tertiary alicyclic amines) is 1. The number of piperidine rings is 1. The molecule has 3 aliphatic heterocycles. The number of nitrogens with one attached hydrogen (secondary N) is 1. The average molecular weight is 444 g/mol. The van der Waals surface area contributed by atoms with Crippen molar-refractivity contribution >= 4 is 17.7 Å². The minimum Gasteiger partial charge on any atom is -0.469 e. The van der Waals surface area contributed by atoms with Crippen LogP contribution in [0.3, 0.4) is 0 Å². The van der Waals surface area contributed by atoms with E-state index in [1.807, 2.05) is 4.90 Å². The fourth-order valence-corrected chi connectivity index (χ4v) is 5.41. The Morgan fingerprint density at radius 2 is 2.12 bits per heavy atom. The maximum atomic E-state index is 12.8. The maximum Gasteiger partial charge on any atom is 0.305 e. The van der Waals surface area contributed by atoms with Gasteiger partial charge in [-0.3, -0.25) is 9.59 Å².